The van der Waals surface area contributed by atoms with Crippen molar-refractivity contribution in [3.8, 4) is 28.4 Å². The summed E-state index contributed by atoms with van der Waals surface area (Å²) in [7, 11) is 2.17. The number of ether oxygens (including phenoxy) is 1. The molecule has 0 aliphatic carbocycles. The van der Waals surface area contributed by atoms with Gasteiger partial charge in [0.2, 0.25) is 0 Å². The normalized spacial score (nSPS) is 14.3. The van der Waals surface area contributed by atoms with Gasteiger partial charge in [-0.3, -0.25) is 10.1 Å². The molecule has 8 nitrogen and oxygen atoms in total. The fourth-order valence-electron chi connectivity index (χ4n) is 5.44. The molecule has 0 unspecified atom stereocenters. The standard InChI is InChI=1S/C32H31N7O/c1-21-14-23(16-24(15-21)40-20-22-6-4-3-5-7-22)28-17-25-30(19-34-28)36-37-31(25)29-18-26-27(35-29)8-9-33-32(26)39-12-10-38(2)11-13-39/h3-9,14-19,35H,10-13,20H2,1-2H3,(H,36,37). The van der Waals surface area contributed by atoms with Crippen LogP contribution >= 0.6 is 0 Å². The van der Waals surface area contributed by atoms with E-state index in [9.17, 15) is 0 Å². The van der Waals surface area contributed by atoms with E-state index in [1.807, 2.05) is 36.7 Å². The van der Waals surface area contributed by atoms with Gasteiger partial charge in [0, 0.05) is 48.7 Å². The van der Waals surface area contributed by atoms with E-state index in [0.29, 0.717) is 6.61 Å². The Morgan fingerprint density at radius 1 is 0.875 bits per heavy atom. The summed E-state index contributed by atoms with van der Waals surface area (Å²) in [6, 6.07) is 22.8. The third-order valence-electron chi connectivity index (χ3n) is 7.63. The summed E-state index contributed by atoms with van der Waals surface area (Å²) in [6.07, 6.45) is 3.74. The molecular formula is C32H31N7O. The second-order valence-corrected chi connectivity index (χ2v) is 10.6. The van der Waals surface area contributed by atoms with E-state index in [1.165, 1.54) is 0 Å². The number of nitrogens with one attached hydrogen (secondary N) is 2. The van der Waals surface area contributed by atoms with E-state index in [4.69, 9.17) is 14.7 Å². The van der Waals surface area contributed by atoms with Crippen LogP contribution in [-0.4, -0.2) is 63.3 Å². The number of anilines is 1. The van der Waals surface area contributed by atoms with Gasteiger partial charge in [0.05, 0.1) is 28.6 Å². The van der Waals surface area contributed by atoms with Crippen molar-refractivity contribution in [2.45, 2.75) is 13.5 Å². The number of nitrogens with zero attached hydrogens (tertiary/aromatic N) is 5. The van der Waals surface area contributed by atoms with Crippen molar-refractivity contribution in [2.75, 3.05) is 38.1 Å². The highest BCUT2D eigenvalue weighted by Gasteiger charge is 2.20. The number of benzene rings is 2. The van der Waals surface area contributed by atoms with Crippen LogP contribution in [0.3, 0.4) is 0 Å². The summed E-state index contributed by atoms with van der Waals surface area (Å²) in [4.78, 5) is 17.8. The van der Waals surface area contributed by atoms with Gasteiger partial charge in [-0.05, 0) is 61.5 Å². The highest BCUT2D eigenvalue weighted by Crippen LogP contribution is 2.34. The lowest BCUT2D eigenvalue weighted by Crippen LogP contribution is -2.44. The molecule has 1 saturated heterocycles. The van der Waals surface area contributed by atoms with E-state index in [0.717, 1.165) is 93.3 Å². The van der Waals surface area contributed by atoms with Crippen molar-refractivity contribution in [2.24, 2.45) is 0 Å². The Balaban J connectivity index is 1.22. The summed E-state index contributed by atoms with van der Waals surface area (Å²) < 4.78 is 6.14. The van der Waals surface area contributed by atoms with Gasteiger partial charge in [0.1, 0.15) is 23.9 Å². The first-order chi connectivity index (χ1) is 19.6. The first-order valence-electron chi connectivity index (χ1n) is 13.7. The van der Waals surface area contributed by atoms with Gasteiger partial charge in [-0.15, -0.1) is 0 Å². The molecule has 0 amide bonds. The third kappa shape index (κ3) is 4.67. The van der Waals surface area contributed by atoms with Gasteiger partial charge in [-0.1, -0.05) is 30.3 Å². The Hall–Kier alpha value is -4.69. The van der Waals surface area contributed by atoms with Gasteiger partial charge < -0.3 is 19.5 Å². The molecule has 0 atom stereocenters. The van der Waals surface area contributed by atoms with Crippen LogP contribution in [-0.2, 0) is 6.61 Å². The molecule has 5 heterocycles. The molecule has 7 rings (SSSR count). The summed E-state index contributed by atoms with van der Waals surface area (Å²) in [5, 5.41) is 9.98. The van der Waals surface area contributed by atoms with E-state index in [-0.39, 0.29) is 0 Å². The molecule has 6 aromatic rings. The number of H-pyrrole nitrogens is 2. The SMILES string of the molecule is Cc1cc(OCc2ccccc2)cc(-c2cc3c(-c4cc5c(N6CCN(C)CC6)nccc5[nH]4)n[nH]c3cn2)c1. The first-order valence-corrected chi connectivity index (χ1v) is 13.7. The smallest absolute Gasteiger partial charge is 0.138 e. The molecule has 0 radical (unpaired) electrons. The van der Waals surface area contributed by atoms with Crippen LogP contribution in [0.5, 0.6) is 5.75 Å². The number of hydrogen-bond acceptors (Lipinski definition) is 6. The van der Waals surface area contributed by atoms with Crippen molar-refractivity contribution < 1.29 is 4.74 Å². The third-order valence-corrected chi connectivity index (χ3v) is 7.63. The summed E-state index contributed by atoms with van der Waals surface area (Å²) in [5.41, 5.74) is 7.91. The van der Waals surface area contributed by atoms with Crippen molar-refractivity contribution in [3.63, 3.8) is 0 Å². The van der Waals surface area contributed by atoms with Gasteiger partial charge in [0.25, 0.3) is 0 Å². The second kappa shape index (κ2) is 10.1. The number of pyridine rings is 2. The molecule has 4 aromatic heterocycles. The first kappa shape index (κ1) is 24.4. The lowest BCUT2D eigenvalue weighted by molar-refractivity contribution is 0.306. The summed E-state index contributed by atoms with van der Waals surface area (Å²) in [5.74, 6) is 1.85. The Kier molecular flexibility index (Phi) is 6.17. The highest BCUT2D eigenvalue weighted by molar-refractivity contribution is 5.99. The summed E-state index contributed by atoms with van der Waals surface area (Å²) in [6.45, 7) is 6.61. The zero-order valence-electron chi connectivity index (χ0n) is 22.7. The van der Waals surface area contributed by atoms with Gasteiger partial charge in [-0.2, -0.15) is 5.10 Å². The molecular weight excluding hydrogens is 498 g/mol. The zero-order chi connectivity index (χ0) is 27.1. The van der Waals surface area contributed by atoms with Crippen LogP contribution in [0, 0.1) is 6.92 Å². The maximum absolute atomic E-state index is 6.14. The molecule has 1 aliphatic rings. The average molecular weight is 530 g/mol. The number of rotatable bonds is 6. The second-order valence-electron chi connectivity index (χ2n) is 10.6. The van der Waals surface area contributed by atoms with E-state index in [2.05, 4.69) is 81.4 Å². The van der Waals surface area contributed by atoms with Gasteiger partial charge >= 0.3 is 0 Å². The molecule has 1 aliphatic heterocycles. The molecule has 200 valence electrons. The van der Waals surface area contributed by atoms with Crippen LogP contribution in [0.2, 0.25) is 0 Å². The van der Waals surface area contributed by atoms with Crippen molar-refractivity contribution >= 4 is 27.6 Å². The maximum Gasteiger partial charge on any atom is 0.138 e. The van der Waals surface area contributed by atoms with E-state index in [1.54, 1.807) is 0 Å². The Morgan fingerprint density at radius 3 is 2.58 bits per heavy atom. The van der Waals surface area contributed by atoms with Crippen molar-refractivity contribution in [1.29, 1.82) is 0 Å². The Labute approximate surface area is 232 Å². The van der Waals surface area contributed by atoms with Gasteiger partial charge in [0.15, 0.2) is 0 Å². The van der Waals surface area contributed by atoms with Crippen LogP contribution in [0.25, 0.3) is 44.5 Å². The largest absolute Gasteiger partial charge is 0.489 e. The average Bonchev–Trinajstić information content (AvgIpc) is 3.60. The number of likely N-dealkylation sites (N-methyl/N-ethyl adjacent to an activating group) is 1. The predicted octanol–water partition coefficient (Wildman–Crippen LogP) is 5.81. The number of hydrogen-bond donors (Lipinski definition) is 2. The van der Waals surface area contributed by atoms with Crippen molar-refractivity contribution in [3.05, 3.63) is 90.3 Å². The van der Waals surface area contributed by atoms with Crippen LogP contribution in [0.1, 0.15) is 11.1 Å². The lowest BCUT2D eigenvalue weighted by atomic mass is 10.1. The van der Waals surface area contributed by atoms with Crippen LogP contribution in [0.15, 0.2) is 79.1 Å². The molecule has 1 fully saturated rings. The minimum Gasteiger partial charge on any atom is -0.489 e. The van der Waals surface area contributed by atoms with Crippen LogP contribution in [0.4, 0.5) is 5.82 Å². The minimum atomic E-state index is 0.521. The molecule has 2 N–H and O–H groups in total. The molecule has 8 heteroatoms. The monoisotopic (exact) mass is 529 g/mol. The maximum atomic E-state index is 6.14. The molecule has 0 saturated carbocycles. The quantitative estimate of drug-likeness (QED) is 0.283. The summed E-state index contributed by atoms with van der Waals surface area (Å²) >= 11 is 0. The fourth-order valence-corrected chi connectivity index (χ4v) is 5.44. The van der Waals surface area contributed by atoms with E-state index < -0.39 is 0 Å². The fraction of sp³-hybridized carbons (Fsp3) is 0.219. The predicted molar refractivity (Wildman–Crippen MR) is 160 cm³/mol. The van der Waals surface area contributed by atoms with E-state index >= 15 is 0 Å². The number of piperazine rings is 1. The Morgan fingerprint density at radius 2 is 1.73 bits per heavy atom. The van der Waals surface area contributed by atoms with Crippen LogP contribution < -0.4 is 9.64 Å². The number of aromatic amines is 2. The van der Waals surface area contributed by atoms with Gasteiger partial charge in [-0.25, -0.2) is 4.98 Å². The highest BCUT2D eigenvalue weighted by atomic mass is 16.5. The molecule has 40 heavy (non-hydrogen) atoms. The number of aryl methyl sites for hydroxylation is 1. The number of aromatic nitrogens is 5. The molecule has 0 spiro atoms. The molecule has 0 bridgehead atoms. The van der Waals surface area contributed by atoms with Crippen molar-refractivity contribution in [1.82, 2.24) is 30.0 Å². The minimum absolute atomic E-state index is 0.521. The Bertz CT molecular complexity index is 1800. The molecule has 2 aromatic carbocycles. The lowest BCUT2D eigenvalue weighted by Gasteiger charge is -2.33. The number of fused-ring (bicyclic) bond motifs is 2. The topological polar surface area (TPSA) is 86.0 Å². The zero-order valence-corrected chi connectivity index (χ0v) is 22.7.